The monoisotopic (exact) mass is 392 g/mol. The lowest BCUT2D eigenvalue weighted by Gasteiger charge is -2.36. The van der Waals surface area contributed by atoms with Gasteiger partial charge in [-0.05, 0) is 64.4 Å². The highest BCUT2D eigenvalue weighted by Gasteiger charge is 2.41. The van der Waals surface area contributed by atoms with Crippen molar-refractivity contribution in [1.29, 1.82) is 0 Å². The highest BCUT2D eigenvalue weighted by Crippen LogP contribution is 2.28. The molecule has 2 aromatic rings. The molecule has 0 bridgehead atoms. The highest BCUT2D eigenvalue weighted by molar-refractivity contribution is 5.85. The van der Waals surface area contributed by atoms with Gasteiger partial charge in [0.05, 0.1) is 6.10 Å². The molecule has 0 atom stereocenters. The molecule has 27 heavy (non-hydrogen) atoms. The van der Waals surface area contributed by atoms with E-state index in [0.717, 1.165) is 42.8 Å². The third-order valence-electron chi connectivity index (χ3n) is 4.82. The highest BCUT2D eigenvalue weighted by atomic mass is 35.5. The molecule has 1 saturated heterocycles. The Hall–Kier alpha value is -2.05. The number of ether oxygens (including phenoxy) is 1. The Morgan fingerprint density at radius 3 is 2.74 bits per heavy atom. The lowest BCUT2D eigenvalue weighted by atomic mass is 9.87. The van der Waals surface area contributed by atoms with Gasteiger partial charge in [-0.25, -0.2) is 0 Å². The Kier molecular flexibility index (Phi) is 7.27. The molecule has 3 rings (SSSR count). The fourth-order valence-electron chi connectivity index (χ4n) is 3.43. The third-order valence-corrected chi connectivity index (χ3v) is 4.82. The van der Waals surface area contributed by atoms with Crippen LogP contribution < -0.4 is 15.4 Å². The summed E-state index contributed by atoms with van der Waals surface area (Å²) in [5.41, 5.74) is 1.50. The second kappa shape index (κ2) is 9.24. The van der Waals surface area contributed by atoms with Gasteiger partial charge < -0.3 is 15.4 Å². The van der Waals surface area contributed by atoms with Crippen LogP contribution in [-0.4, -0.2) is 34.9 Å². The number of aromatic nitrogens is 2. The van der Waals surface area contributed by atoms with Gasteiger partial charge in [0.2, 0.25) is 5.91 Å². The molecule has 1 amide bonds. The summed E-state index contributed by atoms with van der Waals surface area (Å²) < 4.78 is 7.73. The van der Waals surface area contributed by atoms with Crippen LogP contribution >= 0.6 is 12.4 Å². The van der Waals surface area contributed by atoms with E-state index in [1.165, 1.54) is 0 Å². The van der Waals surface area contributed by atoms with Crippen molar-refractivity contribution in [2.75, 3.05) is 13.1 Å². The third kappa shape index (κ3) is 4.82. The minimum absolute atomic E-state index is 0. The molecule has 1 aliphatic rings. The minimum atomic E-state index is -0.626. The molecule has 2 heterocycles. The van der Waals surface area contributed by atoms with Crippen molar-refractivity contribution in [2.45, 2.75) is 51.8 Å². The smallest absolute Gasteiger partial charge is 0.248 e. The van der Waals surface area contributed by atoms with Crippen LogP contribution in [0.2, 0.25) is 0 Å². The van der Waals surface area contributed by atoms with E-state index in [4.69, 9.17) is 4.74 Å². The van der Waals surface area contributed by atoms with Crippen molar-refractivity contribution in [3.05, 3.63) is 47.8 Å². The first-order valence-electron chi connectivity index (χ1n) is 9.26. The van der Waals surface area contributed by atoms with E-state index in [-0.39, 0.29) is 24.4 Å². The molecule has 0 aliphatic carbocycles. The summed E-state index contributed by atoms with van der Waals surface area (Å²) in [4.78, 5) is 13.2. The average Bonchev–Trinajstić information content (AvgIpc) is 3.16. The minimum Gasteiger partial charge on any atom is -0.491 e. The van der Waals surface area contributed by atoms with Gasteiger partial charge in [0, 0.05) is 24.5 Å². The zero-order chi connectivity index (χ0) is 18.6. The predicted octanol–water partition coefficient (Wildman–Crippen LogP) is 2.80. The summed E-state index contributed by atoms with van der Waals surface area (Å²) in [6, 6.07) is 7.96. The normalized spacial score (nSPS) is 15.9. The number of carbonyl (C=O) groups is 1. The van der Waals surface area contributed by atoms with Crippen molar-refractivity contribution in [2.24, 2.45) is 0 Å². The Bertz CT molecular complexity index is 740. The summed E-state index contributed by atoms with van der Waals surface area (Å²) in [6.07, 6.45) is 5.15. The first kappa shape index (κ1) is 21.3. The number of hydrogen-bond acceptors (Lipinski definition) is 4. The second-order valence-corrected chi connectivity index (χ2v) is 7.19. The summed E-state index contributed by atoms with van der Waals surface area (Å²) in [6.45, 7) is 8.10. The number of nitrogens with one attached hydrogen (secondary N) is 2. The van der Waals surface area contributed by atoms with Gasteiger partial charge in [-0.15, -0.1) is 12.4 Å². The zero-order valence-electron chi connectivity index (χ0n) is 16.2. The molecule has 0 radical (unpaired) electrons. The van der Waals surface area contributed by atoms with Crippen molar-refractivity contribution in [1.82, 2.24) is 20.4 Å². The van der Waals surface area contributed by atoms with Crippen molar-refractivity contribution in [3.8, 4) is 5.75 Å². The maximum atomic E-state index is 13.2. The molecule has 1 aliphatic heterocycles. The first-order chi connectivity index (χ1) is 12.5. The van der Waals surface area contributed by atoms with Gasteiger partial charge in [0.1, 0.15) is 11.3 Å². The fourth-order valence-corrected chi connectivity index (χ4v) is 3.43. The maximum absolute atomic E-state index is 13.2. The maximum Gasteiger partial charge on any atom is 0.248 e. The molecule has 1 aromatic carbocycles. The Balaban J connectivity index is 0.00000261. The van der Waals surface area contributed by atoms with Crippen LogP contribution in [0.15, 0.2) is 36.7 Å². The molecular formula is C20H29ClN4O2. The number of benzene rings is 1. The quantitative estimate of drug-likeness (QED) is 0.793. The van der Waals surface area contributed by atoms with E-state index in [9.17, 15) is 4.79 Å². The van der Waals surface area contributed by atoms with Gasteiger partial charge in [-0.2, -0.15) is 5.10 Å². The molecule has 0 unspecified atom stereocenters. The molecule has 1 fully saturated rings. The fraction of sp³-hybridized carbons (Fsp3) is 0.500. The first-order valence-corrected chi connectivity index (χ1v) is 9.26. The number of nitrogens with zero attached hydrogens (tertiary/aromatic N) is 2. The largest absolute Gasteiger partial charge is 0.491 e. The summed E-state index contributed by atoms with van der Waals surface area (Å²) in [5.74, 6) is 0.845. The Morgan fingerprint density at radius 1 is 1.37 bits per heavy atom. The molecule has 148 valence electrons. The van der Waals surface area contributed by atoms with Crippen LogP contribution in [0.3, 0.4) is 0 Å². The van der Waals surface area contributed by atoms with Crippen molar-refractivity contribution < 1.29 is 9.53 Å². The lowest BCUT2D eigenvalue weighted by Crippen LogP contribution is -2.54. The van der Waals surface area contributed by atoms with Crippen LogP contribution in [0, 0.1) is 6.92 Å². The molecule has 1 aromatic heterocycles. The zero-order valence-corrected chi connectivity index (χ0v) is 17.0. The van der Waals surface area contributed by atoms with E-state index in [1.807, 2.05) is 55.9 Å². The number of carbonyl (C=O) groups excluding carboxylic acids is 1. The standard InChI is InChI=1S/C20H28N4O2.ClH/c1-15(2)26-18-13-16(3)5-6-17(18)14-22-19(25)20(7-10-21-11-8-20)24-12-4-9-23-24;/h4-6,9,12-13,15,21H,7-8,10-11,14H2,1-3H3,(H,22,25);1H. The van der Waals surface area contributed by atoms with Crippen LogP contribution in [0.25, 0.3) is 0 Å². The number of amides is 1. The van der Waals surface area contributed by atoms with Gasteiger partial charge >= 0.3 is 0 Å². The SMILES string of the molecule is Cc1ccc(CNC(=O)C2(n3cccn3)CCNCC2)c(OC(C)C)c1.Cl. The van der Waals surface area contributed by atoms with E-state index in [2.05, 4.69) is 15.7 Å². The van der Waals surface area contributed by atoms with Gasteiger partial charge in [0.15, 0.2) is 0 Å². The van der Waals surface area contributed by atoms with Gasteiger partial charge in [0.25, 0.3) is 0 Å². The molecular weight excluding hydrogens is 364 g/mol. The van der Waals surface area contributed by atoms with Crippen LogP contribution in [0.5, 0.6) is 5.75 Å². The molecule has 0 spiro atoms. The molecule has 2 N–H and O–H groups in total. The second-order valence-electron chi connectivity index (χ2n) is 7.19. The van der Waals surface area contributed by atoms with Crippen molar-refractivity contribution in [3.63, 3.8) is 0 Å². The number of rotatable bonds is 6. The summed E-state index contributed by atoms with van der Waals surface area (Å²) in [7, 11) is 0. The van der Waals surface area contributed by atoms with Gasteiger partial charge in [-0.3, -0.25) is 9.48 Å². The number of hydrogen-bond donors (Lipinski definition) is 2. The number of aryl methyl sites for hydroxylation is 1. The van der Waals surface area contributed by atoms with Crippen LogP contribution in [0.4, 0.5) is 0 Å². The molecule has 7 heteroatoms. The Morgan fingerprint density at radius 2 is 2.11 bits per heavy atom. The van der Waals surface area contributed by atoms with Crippen molar-refractivity contribution >= 4 is 18.3 Å². The molecule has 0 saturated carbocycles. The van der Waals surface area contributed by atoms with Crippen LogP contribution in [-0.2, 0) is 16.9 Å². The average molecular weight is 393 g/mol. The van der Waals surface area contributed by atoms with E-state index in [0.29, 0.717) is 6.54 Å². The van der Waals surface area contributed by atoms with E-state index < -0.39 is 5.54 Å². The molecule has 6 nitrogen and oxygen atoms in total. The summed E-state index contributed by atoms with van der Waals surface area (Å²) in [5, 5.41) is 10.8. The number of piperidine rings is 1. The number of halogens is 1. The Labute approximate surface area is 167 Å². The topological polar surface area (TPSA) is 68.2 Å². The van der Waals surface area contributed by atoms with E-state index >= 15 is 0 Å². The summed E-state index contributed by atoms with van der Waals surface area (Å²) >= 11 is 0. The lowest BCUT2D eigenvalue weighted by molar-refractivity contribution is -0.132. The van der Waals surface area contributed by atoms with E-state index in [1.54, 1.807) is 6.20 Å². The van der Waals surface area contributed by atoms with Gasteiger partial charge in [-0.1, -0.05) is 12.1 Å². The predicted molar refractivity (Wildman–Crippen MR) is 108 cm³/mol. The van der Waals surface area contributed by atoms with Crippen LogP contribution in [0.1, 0.15) is 37.8 Å².